The van der Waals surface area contributed by atoms with Gasteiger partial charge in [-0.3, -0.25) is 0 Å². The Bertz CT molecular complexity index is 1070. The largest absolute Gasteiger partial charge is 0.497 e. The van der Waals surface area contributed by atoms with Crippen LogP contribution in [0.4, 0.5) is 0 Å². The molecule has 3 aromatic rings. The number of hydrogen-bond acceptors (Lipinski definition) is 6. The summed E-state index contributed by atoms with van der Waals surface area (Å²) in [6, 6.07) is 11.7. The molecule has 6 nitrogen and oxygen atoms in total. The Kier molecular flexibility index (Phi) is 5.87. The van der Waals surface area contributed by atoms with Crippen LogP contribution in [0, 0.1) is 5.92 Å². The average molecular weight is 441 g/mol. The van der Waals surface area contributed by atoms with E-state index in [4.69, 9.17) is 26.5 Å². The number of thiophene rings is 1. The summed E-state index contributed by atoms with van der Waals surface area (Å²) >= 11 is 7.30. The number of thiocarbonyl (C=S) groups is 1. The van der Waals surface area contributed by atoms with E-state index in [1.54, 1.807) is 18.4 Å². The highest BCUT2D eigenvalue weighted by atomic mass is 32.1. The number of nitrogens with one attached hydrogen (secondary N) is 1. The third-order valence-electron chi connectivity index (χ3n) is 4.97. The van der Waals surface area contributed by atoms with Gasteiger partial charge in [0.05, 0.1) is 23.6 Å². The maximum atomic E-state index is 5.74. The van der Waals surface area contributed by atoms with E-state index in [0.717, 1.165) is 34.0 Å². The van der Waals surface area contributed by atoms with Crippen LogP contribution in [-0.2, 0) is 0 Å². The summed E-state index contributed by atoms with van der Waals surface area (Å²) in [5.41, 5.74) is 2.96. The normalized spacial score (nSPS) is 16.9. The quantitative estimate of drug-likeness (QED) is 0.533. The number of methoxy groups -OCH3 is 1. The minimum Gasteiger partial charge on any atom is -0.497 e. The first kappa shape index (κ1) is 20.6. The molecule has 0 bridgehead atoms. The summed E-state index contributed by atoms with van der Waals surface area (Å²) in [6.07, 6.45) is 0. The number of allylic oxidation sites excluding steroid dienone is 1. The number of nitrogens with zero attached hydrogens (tertiary/aromatic N) is 3. The molecule has 4 rings (SSSR count). The third-order valence-corrected chi connectivity index (χ3v) is 6.17. The molecule has 1 unspecified atom stereocenters. The smallest absolute Gasteiger partial charge is 0.258 e. The van der Waals surface area contributed by atoms with Crippen molar-refractivity contribution in [2.45, 2.75) is 26.8 Å². The van der Waals surface area contributed by atoms with Gasteiger partial charge in [0.25, 0.3) is 5.89 Å². The van der Waals surface area contributed by atoms with Crippen LogP contribution in [0.15, 0.2) is 52.0 Å². The van der Waals surface area contributed by atoms with Crippen molar-refractivity contribution in [1.29, 1.82) is 0 Å². The standard InChI is InChI=1S/C22H24N4O2S2/c1-13(2)12-26-14(3)18(21-24-20(25-28-21)17-9-6-10-30-17)19(23-22(26)29)15-7-5-8-16(11-15)27-4/h5-11,13,19H,12H2,1-4H3,(H,23,29). The Morgan fingerprint density at radius 1 is 1.30 bits per heavy atom. The average Bonchev–Trinajstić information content (AvgIpc) is 3.42. The van der Waals surface area contributed by atoms with Crippen LogP contribution in [0.1, 0.15) is 38.3 Å². The highest BCUT2D eigenvalue weighted by molar-refractivity contribution is 7.80. The Balaban J connectivity index is 1.83. The SMILES string of the molecule is COc1cccc(C2NC(=S)N(CC(C)C)C(C)=C2c2nc(-c3cccs3)no2)c1. The minimum absolute atomic E-state index is 0.215. The fourth-order valence-corrected chi connectivity index (χ4v) is 4.53. The molecule has 0 aliphatic carbocycles. The number of hydrogen-bond donors (Lipinski definition) is 1. The zero-order valence-corrected chi connectivity index (χ0v) is 19.0. The molecule has 0 radical (unpaired) electrons. The maximum absolute atomic E-state index is 5.74. The second kappa shape index (κ2) is 8.57. The van der Waals surface area contributed by atoms with E-state index in [2.05, 4.69) is 36.1 Å². The Labute approximate surface area is 185 Å². The van der Waals surface area contributed by atoms with Crippen molar-refractivity contribution in [2.24, 2.45) is 5.92 Å². The van der Waals surface area contributed by atoms with Gasteiger partial charge in [-0.1, -0.05) is 37.2 Å². The van der Waals surface area contributed by atoms with Crippen molar-refractivity contribution in [3.05, 3.63) is 58.9 Å². The summed E-state index contributed by atoms with van der Waals surface area (Å²) in [5, 5.41) is 10.4. The minimum atomic E-state index is -0.215. The van der Waals surface area contributed by atoms with Crippen LogP contribution in [0.5, 0.6) is 5.75 Å². The topological polar surface area (TPSA) is 63.4 Å². The molecule has 2 aromatic heterocycles. The molecule has 1 aliphatic rings. The summed E-state index contributed by atoms with van der Waals surface area (Å²) in [7, 11) is 1.66. The summed E-state index contributed by atoms with van der Waals surface area (Å²) in [4.78, 5) is 7.80. The highest BCUT2D eigenvalue weighted by Crippen LogP contribution is 2.38. The number of rotatable bonds is 6. The van der Waals surface area contributed by atoms with Gasteiger partial charge < -0.3 is 19.5 Å². The van der Waals surface area contributed by atoms with Crippen LogP contribution in [-0.4, -0.2) is 33.8 Å². The molecule has 156 valence electrons. The molecular weight excluding hydrogens is 416 g/mol. The lowest BCUT2D eigenvalue weighted by Gasteiger charge is -2.38. The molecule has 0 spiro atoms. The van der Waals surface area contributed by atoms with Crippen LogP contribution < -0.4 is 10.1 Å². The van der Waals surface area contributed by atoms with Crippen LogP contribution >= 0.6 is 23.6 Å². The predicted octanol–water partition coefficient (Wildman–Crippen LogP) is 5.13. The molecule has 0 fully saturated rings. The molecule has 0 saturated carbocycles. The van der Waals surface area contributed by atoms with Crippen LogP contribution in [0.3, 0.4) is 0 Å². The van der Waals surface area contributed by atoms with E-state index in [0.29, 0.717) is 22.7 Å². The van der Waals surface area contributed by atoms with E-state index < -0.39 is 0 Å². The van der Waals surface area contributed by atoms with Crippen molar-refractivity contribution in [3.8, 4) is 16.5 Å². The second-order valence-electron chi connectivity index (χ2n) is 7.56. The van der Waals surface area contributed by atoms with E-state index in [9.17, 15) is 0 Å². The van der Waals surface area contributed by atoms with Gasteiger partial charge in [-0.2, -0.15) is 4.98 Å². The Morgan fingerprint density at radius 3 is 2.83 bits per heavy atom. The van der Waals surface area contributed by atoms with E-state index in [1.807, 2.05) is 41.8 Å². The Hall–Kier alpha value is -2.71. The van der Waals surface area contributed by atoms with Crippen molar-refractivity contribution in [1.82, 2.24) is 20.4 Å². The van der Waals surface area contributed by atoms with Gasteiger partial charge in [-0.05, 0) is 54.2 Å². The first-order valence-electron chi connectivity index (χ1n) is 9.78. The molecule has 1 aliphatic heterocycles. The molecule has 0 saturated heterocycles. The van der Waals surface area contributed by atoms with Gasteiger partial charge in [-0.15, -0.1) is 11.3 Å². The summed E-state index contributed by atoms with van der Waals surface area (Å²) in [6.45, 7) is 7.21. The molecule has 30 heavy (non-hydrogen) atoms. The molecule has 3 heterocycles. The van der Waals surface area contributed by atoms with Crippen LogP contribution in [0.25, 0.3) is 16.3 Å². The first-order chi connectivity index (χ1) is 14.5. The van der Waals surface area contributed by atoms with Crippen LogP contribution in [0.2, 0.25) is 0 Å². The number of benzene rings is 1. The molecule has 1 N–H and O–H groups in total. The van der Waals surface area contributed by atoms with E-state index in [1.165, 1.54) is 0 Å². The van der Waals surface area contributed by atoms with E-state index >= 15 is 0 Å². The van der Waals surface area contributed by atoms with Crippen molar-refractivity contribution in [2.75, 3.05) is 13.7 Å². The van der Waals surface area contributed by atoms with Crippen molar-refractivity contribution < 1.29 is 9.26 Å². The zero-order valence-electron chi connectivity index (χ0n) is 17.4. The third kappa shape index (κ3) is 3.97. The summed E-state index contributed by atoms with van der Waals surface area (Å²) < 4.78 is 11.2. The molecular formula is C22H24N4O2S2. The molecule has 1 aromatic carbocycles. The fraction of sp³-hybridized carbons (Fsp3) is 0.318. The number of aromatic nitrogens is 2. The molecule has 0 amide bonds. The van der Waals surface area contributed by atoms with Gasteiger partial charge in [-0.25, -0.2) is 0 Å². The molecule has 1 atom stereocenters. The number of ether oxygens (including phenoxy) is 1. The van der Waals surface area contributed by atoms with Gasteiger partial charge >= 0.3 is 0 Å². The lowest BCUT2D eigenvalue weighted by atomic mass is 9.94. The first-order valence-corrected chi connectivity index (χ1v) is 11.1. The second-order valence-corrected chi connectivity index (χ2v) is 8.90. The van der Waals surface area contributed by atoms with E-state index in [-0.39, 0.29) is 6.04 Å². The lowest BCUT2D eigenvalue weighted by molar-refractivity contribution is 0.385. The Morgan fingerprint density at radius 2 is 2.13 bits per heavy atom. The lowest BCUT2D eigenvalue weighted by Crippen LogP contribution is -2.47. The monoisotopic (exact) mass is 440 g/mol. The predicted molar refractivity (Wildman–Crippen MR) is 123 cm³/mol. The highest BCUT2D eigenvalue weighted by Gasteiger charge is 2.34. The van der Waals surface area contributed by atoms with Crippen molar-refractivity contribution in [3.63, 3.8) is 0 Å². The maximum Gasteiger partial charge on any atom is 0.258 e. The van der Waals surface area contributed by atoms with Gasteiger partial charge in [0, 0.05) is 12.2 Å². The zero-order chi connectivity index (χ0) is 21.3. The van der Waals surface area contributed by atoms with Crippen molar-refractivity contribution >= 4 is 34.2 Å². The fourth-order valence-electron chi connectivity index (χ4n) is 3.55. The summed E-state index contributed by atoms with van der Waals surface area (Å²) in [5.74, 6) is 2.31. The van der Waals surface area contributed by atoms with Gasteiger partial charge in [0.2, 0.25) is 5.82 Å². The van der Waals surface area contributed by atoms with Gasteiger partial charge in [0.1, 0.15) is 5.75 Å². The molecule has 8 heteroatoms. The van der Waals surface area contributed by atoms with Gasteiger partial charge in [0.15, 0.2) is 5.11 Å².